The van der Waals surface area contributed by atoms with E-state index in [1.807, 2.05) is 60.7 Å². The van der Waals surface area contributed by atoms with Crippen molar-refractivity contribution >= 4 is 28.5 Å². The van der Waals surface area contributed by atoms with E-state index < -0.39 is 0 Å². The van der Waals surface area contributed by atoms with Crippen molar-refractivity contribution in [1.82, 2.24) is 19.3 Å². The highest BCUT2D eigenvalue weighted by Gasteiger charge is 2.17. The molecule has 0 fully saturated rings. The second-order valence-electron chi connectivity index (χ2n) is 6.52. The van der Waals surface area contributed by atoms with E-state index in [9.17, 15) is 9.59 Å². The molecular formula is C21H19N5O2. The third kappa shape index (κ3) is 3.29. The largest absolute Gasteiger partial charge is 0.312 e. The Labute approximate surface area is 161 Å². The molecule has 28 heavy (non-hydrogen) atoms. The summed E-state index contributed by atoms with van der Waals surface area (Å²) in [6.45, 7) is 1.43. The predicted molar refractivity (Wildman–Crippen MR) is 107 cm³/mol. The fourth-order valence-electron chi connectivity index (χ4n) is 3.16. The Bertz CT molecular complexity index is 1170. The number of para-hydroxylation sites is 2. The fourth-order valence-corrected chi connectivity index (χ4v) is 3.16. The summed E-state index contributed by atoms with van der Waals surface area (Å²) in [5.74, 6) is 0.410. The van der Waals surface area contributed by atoms with Gasteiger partial charge < -0.3 is 9.88 Å². The number of benzene rings is 2. The molecule has 0 bridgehead atoms. The first-order valence-electron chi connectivity index (χ1n) is 8.88. The molecule has 0 aliphatic carbocycles. The van der Waals surface area contributed by atoms with Gasteiger partial charge in [0.05, 0.1) is 16.7 Å². The summed E-state index contributed by atoms with van der Waals surface area (Å²) in [5.41, 5.74) is 3.18. The number of aromatic nitrogens is 4. The highest BCUT2D eigenvalue weighted by Crippen LogP contribution is 2.21. The van der Waals surface area contributed by atoms with Gasteiger partial charge in [-0.25, -0.2) is 4.98 Å². The van der Waals surface area contributed by atoms with E-state index in [0.29, 0.717) is 11.3 Å². The van der Waals surface area contributed by atoms with Crippen molar-refractivity contribution in [3.63, 3.8) is 0 Å². The molecule has 0 saturated heterocycles. The van der Waals surface area contributed by atoms with Crippen LogP contribution in [0.25, 0.3) is 22.3 Å². The van der Waals surface area contributed by atoms with Crippen LogP contribution in [-0.4, -0.2) is 31.0 Å². The molecular weight excluding hydrogens is 354 g/mol. The van der Waals surface area contributed by atoms with E-state index in [1.165, 1.54) is 6.92 Å². The zero-order chi connectivity index (χ0) is 19.7. The Morgan fingerprint density at radius 3 is 2.50 bits per heavy atom. The first-order valence-corrected chi connectivity index (χ1v) is 8.88. The second kappa shape index (κ2) is 7.11. The molecule has 140 valence electrons. The number of carbonyl (C=O) groups is 2. The summed E-state index contributed by atoms with van der Waals surface area (Å²) in [6.07, 6.45) is 0. The number of carbonyl (C=O) groups excluding carboxylic acids is 2. The lowest BCUT2D eigenvalue weighted by Crippen LogP contribution is -2.22. The first kappa shape index (κ1) is 17.7. The second-order valence-corrected chi connectivity index (χ2v) is 6.52. The van der Waals surface area contributed by atoms with E-state index in [-0.39, 0.29) is 24.1 Å². The number of anilines is 1. The molecule has 1 amide bonds. The van der Waals surface area contributed by atoms with Gasteiger partial charge in [0.2, 0.25) is 5.91 Å². The summed E-state index contributed by atoms with van der Waals surface area (Å²) in [6, 6.07) is 19.0. The summed E-state index contributed by atoms with van der Waals surface area (Å²) < 4.78 is 3.26. The number of amides is 1. The molecule has 0 aliphatic rings. The molecule has 0 aliphatic heterocycles. The number of nitrogens with zero attached hydrogens (tertiary/aromatic N) is 4. The van der Waals surface area contributed by atoms with Crippen LogP contribution in [0.15, 0.2) is 60.7 Å². The topological polar surface area (TPSA) is 81.8 Å². The van der Waals surface area contributed by atoms with Crippen LogP contribution in [0.1, 0.15) is 17.5 Å². The summed E-state index contributed by atoms with van der Waals surface area (Å²) in [7, 11) is 1.77. The molecule has 1 N–H and O–H groups in total. The Kier molecular flexibility index (Phi) is 4.49. The van der Waals surface area contributed by atoms with Gasteiger partial charge in [0.15, 0.2) is 11.6 Å². The van der Waals surface area contributed by atoms with Crippen molar-refractivity contribution in [3.8, 4) is 11.3 Å². The van der Waals surface area contributed by atoms with Crippen LogP contribution >= 0.6 is 0 Å². The molecule has 2 aromatic carbocycles. The van der Waals surface area contributed by atoms with Crippen molar-refractivity contribution < 1.29 is 9.59 Å². The highest BCUT2D eigenvalue weighted by atomic mass is 16.2. The number of ketones is 1. The maximum absolute atomic E-state index is 12.7. The molecule has 4 aromatic rings. The van der Waals surface area contributed by atoms with Crippen LogP contribution in [-0.2, 0) is 18.4 Å². The number of Topliss-reactive ketones (excluding diaryl/α,β-unsaturated/α-hetero) is 1. The zero-order valence-corrected chi connectivity index (χ0v) is 15.6. The maximum atomic E-state index is 12.7. The van der Waals surface area contributed by atoms with E-state index in [1.54, 1.807) is 16.3 Å². The molecule has 0 atom stereocenters. The average molecular weight is 373 g/mol. The number of nitrogens with one attached hydrogen (secondary N) is 1. The van der Waals surface area contributed by atoms with Gasteiger partial charge >= 0.3 is 0 Å². The number of imidazole rings is 1. The fraction of sp³-hybridized carbons (Fsp3) is 0.143. The van der Waals surface area contributed by atoms with Gasteiger partial charge in [-0.1, -0.05) is 42.5 Å². The van der Waals surface area contributed by atoms with Crippen LogP contribution in [0.5, 0.6) is 0 Å². The standard InChI is InChI=1S/C21H19N5O2/c1-14(27)21-22-16-10-6-7-11-18(16)26(21)13-20(28)23-19-12-17(24-25(19)2)15-8-4-3-5-9-15/h3-12H,13H2,1-2H3,(H,23,28). The highest BCUT2D eigenvalue weighted by molar-refractivity contribution is 5.97. The lowest BCUT2D eigenvalue weighted by molar-refractivity contribution is -0.116. The monoisotopic (exact) mass is 373 g/mol. The minimum absolute atomic E-state index is 0.0126. The maximum Gasteiger partial charge on any atom is 0.245 e. The molecule has 0 unspecified atom stereocenters. The summed E-state index contributed by atoms with van der Waals surface area (Å²) in [4.78, 5) is 29.0. The zero-order valence-electron chi connectivity index (χ0n) is 15.6. The number of rotatable bonds is 5. The van der Waals surface area contributed by atoms with Gasteiger partial charge in [0, 0.05) is 25.6 Å². The predicted octanol–water partition coefficient (Wildman–Crippen LogP) is 3.28. The molecule has 0 saturated carbocycles. The summed E-state index contributed by atoms with van der Waals surface area (Å²) in [5, 5.41) is 7.33. The third-order valence-electron chi connectivity index (χ3n) is 4.49. The van der Waals surface area contributed by atoms with E-state index in [2.05, 4.69) is 15.4 Å². The molecule has 0 spiro atoms. The smallest absolute Gasteiger partial charge is 0.245 e. The molecule has 7 nitrogen and oxygen atoms in total. The normalized spacial score (nSPS) is 10.9. The van der Waals surface area contributed by atoms with Crippen LogP contribution in [0.4, 0.5) is 5.82 Å². The Morgan fingerprint density at radius 1 is 1.04 bits per heavy atom. The van der Waals surface area contributed by atoms with Crippen molar-refractivity contribution in [2.24, 2.45) is 7.05 Å². The Morgan fingerprint density at radius 2 is 1.75 bits per heavy atom. The molecule has 4 rings (SSSR count). The van der Waals surface area contributed by atoms with Gasteiger partial charge in [0.1, 0.15) is 12.4 Å². The van der Waals surface area contributed by atoms with Crippen molar-refractivity contribution in [3.05, 3.63) is 66.5 Å². The van der Waals surface area contributed by atoms with Crippen LogP contribution in [0, 0.1) is 0 Å². The number of aryl methyl sites for hydroxylation is 1. The molecule has 7 heteroatoms. The van der Waals surface area contributed by atoms with Crippen LogP contribution in [0.3, 0.4) is 0 Å². The van der Waals surface area contributed by atoms with Gasteiger partial charge in [-0.2, -0.15) is 5.10 Å². The van der Waals surface area contributed by atoms with E-state index >= 15 is 0 Å². The van der Waals surface area contributed by atoms with Crippen molar-refractivity contribution in [1.29, 1.82) is 0 Å². The van der Waals surface area contributed by atoms with Gasteiger partial charge in [-0.3, -0.25) is 14.3 Å². The minimum Gasteiger partial charge on any atom is -0.312 e. The number of hydrogen-bond acceptors (Lipinski definition) is 4. The number of fused-ring (bicyclic) bond motifs is 1. The van der Waals surface area contributed by atoms with E-state index in [0.717, 1.165) is 16.8 Å². The molecule has 2 heterocycles. The molecule has 2 aromatic heterocycles. The lowest BCUT2D eigenvalue weighted by atomic mass is 10.2. The Balaban J connectivity index is 1.59. The minimum atomic E-state index is -0.256. The summed E-state index contributed by atoms with van der Waals surface area (Å²) >= 11 is 0. The van der Waals surface area contributed by atoms with Gasteiger partial charge in [0.25, 0.3) is 0 Å². The van der Waals surface area contributed by atoms with Crippen LogP contribution < -0.4 is 5.32 Å². The third-order valence-corrected chi connectivity index (χ3v) is 4.49. The molecule has 0 radical (unpaired) electrons. The Hall–Kier alpha value is -3.74. The SMILES string of the molecule is CC(=O)c1nc2ccccc2n1CC(=O)Nc1cc(-c2ccccc2)nn1C. The van der Waals surface area contributed by atoms with Crippen molar-refractivity contribution in [2.75, 3.05) is 5.32 Å². The quantitative estimate of drug-likeness (QED) is 0.544. The van der Waals surface area contributed by atoms with E-state index in [4.69, 9.17) is 0 Å². The first-order chi connectivity index (χ1) is 13.5. The van der Waals surface area contributed by atoms with Crippen molar-refractivity contribution in [2.45, 2.75) is 13.5 Å². The van der Waals surface area contributed by atoms with Gasteiger partial charge in [-0.05, 0) is 12.1 Å². The average Bonchev–Trinajstić information content (AvgIpc) is 3.24. The van der Waals surface area contributed by atoms with Gasteiger partial charge in [-0.15, -0.1) is 0 Å². The van der Waals surface area contributed by atoms with Crippen LogP contribution in [0.2, 0.25) is 0 Å². The number of hydrogen-bond donors (Lipinski definition) is 1. The lowest BCUT2D eigenvalue weighted by Gasteiger charge is -2.08.